The molecule has 1 aromatic heterocycles. The first-order valence-electron chi connectivity index (χ1n) is 7.03. The van der Waals surface area contributed by atoms with Crippen LogP contribution in [-0.4, -0.2) is 24.6 Å². The molecule has 8 heteroatoms. The summed E-state index contributed by atoms with van der Waals surface area (Å²) in [5, 5.41) is 6.80. The number of rotatable bonds is 7. The third-order valence-electron chi connectivity index (χ3n) is 3.02. The second-order valence-electron chi connectivity index (χ2n) is 4.85. The van der Waals surface area contributed by atoms with E-state index in [2.05, 4.69) is 22.5 Å². The first kappa shape index (κ1) is 17.0. The molecule has 0 aliphatic carbocycles. The highest BCUT2D eigenvalue weighted by Crippen LogP contribution is 2.36. The summed E-state index contributed by atoms with van der Waals surface area (Å²) in [6.07, 6.45) is -2.75. The fraction of sp³-hybridized carbons (Fsp3) is 0.500. The number of benzene rings is 1. The fourth-order valence-electron chi connectivity index (χ4n) is 1.95. The first-order valence-corrected chi connectivity index (χ1v) is 7.85. The van der Waals surface area contributed by atoms with Crippen LogP contribution in [0.5, 0.6) is 0 Å². The lowest BCUT2D eigenvalue weighted by molar-refractivity contribution is -0.139. The zero-order valence-corrected chi connectivity index (χ0v) is 12.9. The monoisotopic (exact) mass is 335 g/mol. The molecule has 0 fully saturated rings. The second kappa shape index (κ2) is 7.23. The minimum absolute atomic E-state index is 0.238. The molecule has 122 valence electrons. The Bertz CT molecular complexity index is 624. The van der Waals surface area contributed by atoms with Crippen molar-refractivity contribution in [3.8, 4) is 0 Å². The number of nitrogens with one attached hydrogen (secondary N) is 2. The zero-order chi connectivity index (χ0) is 16.2. The summed E-state index contributed by atoms with van der Waals surface area (Å²) >= 11 is 1.10. The number of halogens is 4. The Morgan fingerprint density at radius 3 is 2.64 bits per heavy atom. The molecular formula is C14H17F4N3S. The maximum Gasteiger partial charge on any atom is 0.419 e. The van der Waals surface area contributed by atoms with Crippen LogP contribution in [0.15, 0.2) is 12.1 Å². The van der Waals surface area contributed by atoms with Crippen LogP contribution in [0.4, 0.5) is 22.7 Å². The molecule has 0 unspecified atom stereocenters. The van der Waals surface area contributed by atoms with Gasteiger partial charge in [-0.2, -0.15) is 13.2 Å². The van der Waals surface area contributed by atoms with Gasteiger partial charge in [-0.3, -0.25) is 0 Å². The van der Waals surface area contributed by atoms with E-state index in [0.717, 1.165) is 49.4 Å². The first-order chi connectivity index (χ1) is 10.4. The van der Waals surface area contributed by atoms with E-state index in [4.69, 9.17) is 0 Å². The molecule has 0 aliphatic heterocycles. The van der Waals surface area contributed by atoms with E-state index in [1.165, 1.54) is 0 Å². The molecular weight excluding hydrogens is 318 g/mol. The number of thiazole rings is 1. The largest absolute Gasteiger partial charge is 0.419 e. The van der Waals surface area contributed by atoms with E-state index < -0.39 is 17.6 Å². The van der Waals surface area contributed by atoms with Crippen molar-refractivity contribution in [3.05, 3.63) is 23.5 Å². The predicted octanol–water partition coefficient (Wildman–Crippen LogP) is 4.26. The topological polar surface area (TPSA) is 37.0 Å². The Morgan fingerprint density at radius 1 is 1.18 bits per heavy atom. The van der Waals surface area contributed by atoms with Crippen molar-refractivity contribution in [1.29, 1.82) is 0 Å². The highest BCUT2D eigenvalue weighted by molar-refractivity contribution is 7.22. The van der Waals surface area contributed by atoms with Crippen LogP contribution in [0.2, 0.25) is 0 Å². The van der Waals surface area contributed by atoms with Crippen molar-refractivity contribution in [1.82, 2.24) is 10.3 Å². The Labute approximate surface area is 129 Å². The Kier molecular flexibility index (Phi) is 5.57. The Balaban J connectivity index is 2.01. The number of nitrogens with zero attached hydrogens (tertiary/aromatic N) is 1. The predicted molar refractivity (Wildman–Crippen MR) is 80.8 cm³/mol. The van der Waals surface area contributed by atoms with Gasteiger partial charge in [-0.1, -0.05) is 18.3 Å². The van der Waals surface area contributed by atoms with Crippen LogP contribution >= 0.6 is 11.3 Å². The van der Waals surface area contributed by atoms with Crippen LogP contribution in [0.25, 0.3) is 10.2 Å². The molecule has 1 aromatic carbocycles. The van der Waals surface area contributed by atoms with Gasteiger partial charge in [-0.15, -0.1) is 0 Å². The average molecular weight is 335 g/mol. The molecule has 2 N–H and O–H groups in total. The molecule has 0 bridgehead atoms. The molecule has 0 atom stereocenters. The average Bonchev–Trinajstić information content (AvgIpc) is 2.82. The quantitative estimate of drug-likeness (QED) is 0.586. The summed E-state index contributed by atoms with van der Waals surface area (Å²) in [6.45, 7) is 4.56. The number of aromatic nitrogens is 1. The van der Waals surface area contributed by atoms with Crippen molar-refractivity contribution in [2.45, 2.75) is 25.9 Å². The fourth-order valence-corrected chi connectivity index (χ4v) is 2.86. The minimum Gasteiger partial charge on any atom is -0.361 e. The van der Waals surface area contributed by atoms with E-state index in [1.54, 1.807) is 0 Å². The molecule has 0 saturated carbocycles. The number of anilines is 1. The van der Waals surface area contributed by atoms with Crippen molar-refractivity contribution in [3.63, 3.8) is 0 Å². The number of hydrogen-bond donors (Lipinski definition) is 2. The van der Waals surface area contributed by atoms with Gasteiger partial charge in [0.2, 0.25) is 0 Å². The molecule has 0 saturated heterocycles. The molecule has 2 rings (SSSR count). The van der Waals surface area contributed by atoms with Gasteiger partial charge < -0.3 is 10.6 Å². The summed E-state index contributed by atoms with van der Waals surface area (Å²) in [5.74, 6) is -1.29. The highest BCUT2D eigenvalue weighted by atomic mass is 32.1. The molecule has 0 spiro atoms. The normalized spacial score (nSPS) is 12.0. The molecule has 2 aromatic rings. The van der Waals surface area contributed by atoms with Gasteiger partial charge in [0.05, 0.1) is 15.8 Å². The van der Waals surface area contributed by atoms with Crippen molar-refractivity contribution in [2.75, 3.05) is 25.0 Å². The SMILES string of the molecule is CCCNCCCNc1nc2cc(F)c(C(F)(F)F)cc2s1. The lowest BCUT2D eigenvalue weighted by Crippen LogP contribution is -2.18. The van der Waals surface area contributed by atoms with E-state index in [0.29, 0.717) is 16.4 Å². The zero-order valence-electron chi connectivity index (χ0n) is 12.1. The van der Waals surface area contributed by atoms with Crippen LogP contribution in [-0.2, 0) is 6.18 Å². The van der Waals surface area contributed by atoms with Gasteiger partial charge in [0.1, 0.15) is 5.82 Å². The summed E-state index contributed by atoms with van der Waals surface area (Å²) < 4.78 is 51.8. The third kappa shape index (κ3) is 4.30. The van der Waals surface area contributed by atoms with E-state index in [-0.39, 0.29) is 5.52 Å². The van der Waals surface area contributed by atoms with E-state index >= 15 is 0 Å². The van der Waals surface area contributed by atoms with Gasteiger partial charge >= 0.3 is 6.18 Å². The minimum atomic E-state index is -4.69. The molecule has 0 amide bonds. The lowest BCUT2D eigenvalue weighted by atomic mass is 10.2. The Hall–Kier alpha value is -1.41. The van der Waals surface area contributed by atoms with Gasteiger partial charge in [-0.25, -0.2) is 9.37 Å². The standard InChI is InChI=1S/C14H17F4N3S/c1-2-4-19-5-3-6-20-13-21-11-8-10(15)9(14(16,17)18)7-12(11)22-13/h7-8,19H,2-6H2,1H3,(H,20,21). The van der Waals surface area contributed by atoms with Gasteiger partial charge in [0.25, 0.3) is 0 Å². The van der Waals surface area contributed by atoms with Gasteiger partial charge in [0, 0.05) is 12.6 Å². The van der Waals surface area contributed by atoms with Gasteiger partial charge in [-0.05, 0) is 32.0 Å². The smallest absolute Gasteiger partial charge is 0.361 e. The van der Waals surface area contributed by atoms with Crippen LogP contribution in [0.3, 0.4) is 0 Å². The van der Waals surface area contributed by atoms with Crippen molar-refractivity contribution in [2.24, 2.45) is 0 Å². The molecule has 22 heavy (non-hydrogen) atoms. The number of alkyl halides is 3. The maximum atomic E-state index is 13.5. The molecule has 0 aliphatic rings. The van der Waals surface area contributed by atoms with E-state index in [9.17, 15) is 17.6 Å². The van der Waals surface area contributed by atoms with Gasteiger partial charge in [0.15, 0.2) is 5.13 Å². The molecule has 0 radical (unpaired) electrons. The van der Waals surface area contributed by atoms with Crippen molar-refractivity contribution >= 4 is 26.7 Å². The van der Waals surface area contributed by atoms with Crippen molar-refractivity contribution < 1.29 is 17.6 Å². The lowest BCUT2D eigenvalue weighted by Gasteiger charge is -2.06. The number of hydrogen-bond acceptors (Lipinski definition) is 4. The molecule has 1 heterocycles. The summed E-state index contributed by atoms with van der Waals surface area (Å²) in [7, 11) is 0. The van der Waals surface area contributed by atoms with Crippen LogP contribution in [0.1, 0.15) is 25.3 Å². The summed E-state index contributed by atoms with van der Waals surface area (Å²) in [5.41, 5.74) is -1.01. The second-order valence-corrected chi connectivity index (χ2v) is 5.88. The van der Waals surface area contributed by atoms with E-state index in [1.807, 2.05) is 0 Å². The Morgan fingerprint density at radius 2 is 1.95 bits per heavy atom. The number of fused-ring (bicyclic) bond motifs is 1. The van der Waals surface area contributed by atoms with Crippen LogP contribution < -0.4 is 10.6 Å². The highest BCUT2D eigenvalue weighted by Gasteiger charge is 2.34. The third-order valence-corrected chi connectivity index (χ3v) is 3.99. The maximum absolute atomic E-state index is 13.5. The van der Waals surface area contributed by atoms with Crippen LogP contribution in [0, 0.1) is 5.82 Å². The summed E-state index contributed by atoms with van der Waals surface area (Å²) in [4.78, 5) is 4.11. The molecule has 3 nitrogen and oxygen atoms in total. The summed E-state index contributed by atoms with van der Waals surface area (Å²) in [6, 6.07) is 1.65.